The van der Waals surface area contributed by atoms with Gasteiger partial charge in [-0.3, -0.25) is 14.5 Å². The predicted octanol–water partition coefficient (Wildman–Crippen LogP) is 2.28. The molecule has 36 heavy (non-hydrogen) atoms. The van der Waals surface area contributed by atoms with Crippen LogP contribution < -0.4 is 16.0 Å². The molecule has 0 bridgehead atoms. The molecule has 0 aromatic carbocycles. The number of fused-ring (bicyclic) bond motifs is 2. The lowest BCUT2D eigenvalue weighted by Crippen LogP contribution is -2.64. The number of rotatable bonds is 5. The minimum absolute atomic E-state index is 0.0329. The van der Waals surface area contributed by atoms with E-state index >= 15 is 0 Å². The highest BCUT2D eigenvalue weighted by atomic mass is 16.3. The average molecular weight is 504 g/mol. The monoisotopic (exact) mass is 503 g/mol. The van der Waals surface area contributed by atoms with Gasteiger partial charge < -0.3 is 26.5 Å². The number of carbonyl (C=O) groups excluding carboxylic acids is 3. The number of urea groups is 1. The summed E-state index contributed by atoms with van der Waals surface area (Å²) in [6.45, 7) is 16.4. The summed E-state index contributed by atoms with van der Waals surface area (Å²) >= 11 is 0. The Morgan fingerprint density at radius 1 is 1.14 bits per heavy atom. The maximum absolute atomic E-state index is 13.7. The maximum Gasteiger partial charge on any atom is 0.315 e. The van der Waals surface area contributed by atoms with Crippen molar-refractivity contribution in [2.45, 2.75) is 105 Å². The lowest BCUT2D eigenvalue weighted by molar-refractivity contribution is -0.137. The first kappa shape index (κ1) is 27.0. The molecule has 4 aliphatic rings. The standard InChI is InChI=1S/C27H45N5O4/c1-25(2,3)21(30-24(36)31-26(4,5)6)23(35)32-12-15-17(27(15,7)8)19(32)22(34)29-16-11-13-9-10-14(13)18(28)20(16)33/h13-17,19,21,23,28,35H,9-12H2,1-8H3,(H,29,34)(H2,30,31,36). The fourth-order valence-electron chi connectivity index (χ4n) is 6.74. The Labute approximate surface area is 215 Å². The molecule has 3 aliphatic carbocycles. The number of Topliss-reactive ketones (excluding diaryl/α,β-unsaturated/α-hetero) is 1. The zero-order valence-corrected chi connectivity index (χ0v) is 23.1. The number of carbonyl (C=O) groups is 3. The van der Waals surface area contributed by atoms with E-state index in [0.717, 1.165) is 12.8 Å². The summed E-state index contributed by atoms with van der Waals surface area (Å²) in [5.41, 5.74) is -0.795. The van der Waals surface area contributed by atoms with Crippen LogP contribution in [0.5, 0.6) is 0 Å². The highest BCUT2D eigenvalue weighted by Gasteiger charge is 2.69. The predicted molar refractivity (Wildman–Crippen MR) is 137 cm³/mol. The molecule has 202 valence electrons. The van der Waals surface area contributed by atoms with Crippen LogP contribution in [-0.2, 0) is 9.59 Å². The van der Waals surface area contributed by atoms with Gasteiger partial charge in [0.05, 0.1) is 23.8 Å². The number of nitrogens with zero attached hydrogens (tertiary/aromatic N) is 1. The number of hydrogen-bond acceptors (Lipinski definition) is 6. The fourth-order valence-corrected chi connectivity index (χ4v) is 6.74. The average Bonchev–Trinajstić information content (AvgIpc) is 3.05. The van der Waals surface area contributed by atoms with Crippen LogP contribution in [0, 0.1) is 39.9 Å². The summed E-state index contributed by atoms with van der Waals surface area (Å²) in [5, 5.41) is 28.7. The van der Waals surface area contributed by atoms with Crippen LogP contribution in [0.15, 0.2) is 0 Å². The maximum atomic E-state index is 13.7. The molecule has 0 aromatic heterocycles. The Morgan fingerprint density at radius 2 is 1.78 bits per heavy atom. The second-order valence-corrected chi connectivity index (χ2v) is 14.2. The molecular formula is C27H45N5O4. The number of aliphatic hydroxyl groups excluding tert-OH is 1. The molecule has 3 amide bonds. The fraction of sp³-hybridized carbons (Fsp3) is 0.852. The SMILES string of the molecule is CC(C)(C)NC(=O)NC(C(O)N1CC2C(C1C(=O)NC1CC3CCC3C(=N)C1=O)C2(C)C)C(C)(C)C. The Balaban J connectivity index is 1.52. The molecule has 1 aliphatic heterocycles. The van der Waals surface area contributed by atoms with Gasteiger partial charge in [-0.05, 0) is 68.6 Å². The molecule has 0 spiro atoms. The highest BCUT2D eigenvalue weighted by molar-refractivity contribution is 6.42. The molecule has 0 aromatic rings. The molecule has 8 unspecified atom stereocenters. The molecule has 5 N–H and O–H groups in total. The Bertz CT molecular complexity index is 949. The van der Waals surface area contributed by atoms with Gasteiger partial charge in [0, 0.05) is 18.0 Å². The molecule has 1 heterocycles. The number of nitrogens with one attached hydrogen (secondary N) is 4. The Kier molecular flexibility index (Phi) is 6.60. The molecule has 1 saturated heterocycles. The number of amides is 3. The molecule has 3 saturated carbocycles. The van der Waals surface area contributed by atoms with Crippen molar-refractivity contribution in [3.8, 4) is 0 Å². The van der Waals surface area contributed by atoms with Gasteiger partial charge in [-0.2, -0.15) is 0 Å². The summed E-state index contributed by atoms with van der Waals surface area (Å²) in [5.74, 6) is 0.137. The van der Waals surface area contributed by atoms with Gasteiger partial charge in [-0.15, -0.1) is 0 Å². The van der Waals surface area contributed by atoms with E-state index in [1.165, 1.54) is 0 Å². The van der Waals surface area contributed by atoms with Crippen molar-refractivity contribution in [2.24, 2.45) is 34.5 Å². The summed E-state index contributed by atoms with van der Waals surface area (Å²) in [6, 6.07) is -2.26. The van der Waals surface area contributed by atoms with Gasteiger partial charge in [0.25, 0.3) is 0 Å². The number of aliphatic hydroxyl groups is 1. The molecular weight excluding hydrogens is 458 g/mol. The van der Waals surface area contributed by atoms with Crippen LogP contribution in [0.1, 0.15) is 74.7 Å². The summed E-state index contributed by atoms with van der Waals surface area (Å²) < 4.78 is 0. The quantitative estimate of drug-likeness (QED) is 0.392. The molecule has 4 fully saturated rings. The normalized spacial score (nSPS) is 35.1. The van der Waals surface area contributed by atoms with Gasteiger partial charge in [0.1, 0.15) is 6.23 Å². The van der Waals surface area contributed by atoms with Crippen molar-refractivity contribution >= 4 is 23.4 Å². The molecule has 8 atom stereocenters. The molecule has 4 rings (SSSR count). The summed E-state index contributed by atoms with van der Waals surface area (Å²) in [4.78, 5) is 41.1. The van der Waals surface area contributed by atoms with Crippen molar-refractivity contribution in [1.29, 1.82) is 5.41 Å². The van der Waals surface area contributed by atoms with Crippen LogP contribution in [0.3, 0.4) is 0 Å². The van der Waals surface area contributed by atoms with Crippen LogP contribution >= 0.6 is 0 Å². The molecule has 9 heteroatoms. The second-order valence-electron chi connectivity index (χ2n) is 14.2. The largest absolute Gasteiger partial charge is 0.376 e. The van der Waals surface area contributed by atoms with Gasteiger partial charge in [0.15, 0.2) is 5.78 Å². The smallest absolute Gasteiger partial charge is 0.315 e. The van der Waals surface area contributed by atoms with E-state index in [1.807, 2.05) is 46.4 Å². The van der Waals surface area contributed by atoms with Crippen LogP contribution in [0.25, 0.3) is 0 Å². The van der Waals surface area contributed by atoms with Crippen LogP contribution in [0.2, 0.25) is 0 Å². The van der Waals surface area contributed by atoms with E-state index in [0.29, 0.717) is 18.9 Å². The summed E-state index contributed by atoms with van der Waals surface area (Å²) in [7, 11) is 0. The van der Waals surface area contributed by atoms with E-state index in [9.17, 15) is 19.5 Å². The van der Waals surface area contributed by atoms with Gasteiger partial charge in [-0.25, -0.2) is 4.79 Å². The van der Waals surface area contributed by atoms with E-state index in [-0.39, 0.29) is 46.6 Å². The molecule has 0 radical (unpaired) electrons. The van der Waals surface area contributed by atoms with Crippen LogP contribution in [0.4, 0.5) is 4.79 Å². The van der Waals surface area contributed by atoms with Gasteiger partial charge in [0.2, 0.25) is 5.91 Å². The molecule has 9 nitrogen and oxygen atoms in total. The first-order chi connectivity index (χ1) is 16.4. The third-order valence-electron chi connectivity index (χ3n) is 9.08. The third-order valence-corrected chi connectivity index (χ3v) is 9.08. The van der Waals surface area contributed by atoms with E-state index < -0.39 is 35.3 Å². The number of likely N-dealkylation sites (tertiary alicyclic amines) is 1. The summed E-state index contributed by atoms with van der Waals surface area (Å²) in [6.07, 6.45) is 1.39. The van der Waals surface area contributed by atoms with E-state index in [1.54, 1.807) is 0 Å². The van der Waals surface area contributed by atoms with E-state index in [4.69, 9.17) is 5.41 Å². The Hall–Kier alpha value is -2.00. The zero-order chi connectivity index (χ0) is 27.0. The Morgan fingerprint density at radius 3 is 2.31 bits per heavy atom. The van der Waals surface area contributed by atoms with Crippen molar-refractivity contribution < 1.29 is 19.5 Å². The van der Waals surface area contributed by atoms with Crippen molar-refractivity contribution in [1.82, 2.24) is 20.9 Å². The second kappa shape index (κ2) is 8.79. The third kappa shape index (κ3) is 4.80. The first-order valence-corrected chi connectivity index (χ1v) is 13.4. The topological polar surface area (TPSA) is 135 Å². The van der Waals surface area contributed by atoms with Crippen LogP contribution in [-0.4, -0.2) is 69.9 Å². The van der Waals surface area contributed by atoms with Crippen molar-refractivity contribution in [2.75, 3.05) is 6.54 Å². The van der Waals surface area contributed by atoms with E-state index in [2.05, 4.69) is 29.8 Å². The minimum Gasteiger partial charge on any atom is -0.376 e. The number of hydrogen-bond donors (Lipinski definition) is 5. The highest BCUT2D eigenvalue weighted by Crippen LogP contribution is 2.65. The minimum atomic E-state index is -1.08. The number of piperidine rings is 1. The lowest BCUT2D eigenvalue weighted by Gasteiger charge is -2.44. The zero-order valence-electron chi connectivity index (χ0n) is 23.1. The van der Waals surface area contributed by atoms with Crippen molar-refractivity contribution in [3.63, 3.8) is 0 Å². The van der Waals surface area contributed by atoms with Gasteiger partial charge in [-0.1, -0.05) is 34.6 Å². The first-order valence-electron chi connectivity index (χ1n) is 13.4. The number of ketones is 1. The van der Waals surface area contributed by atoms with Crippen molar-refractivity contribution in [3.05, 3.63) is 0 Å². The lowest BCUT2D eigenvalue weighted by atomic mass is 9.63. The van der Waals surface area contributed by atoms with Gasteiger partial charge >= 0.3 is 6.03 Å².